The molecule has 0 bridgehead atoms. The van der Waals surface area contributed by atoms with Crippen molar-refractivity contribution < 1.29 is 23.7 Å². The van der Waals surface area contributed by atoms with Gasteiger partial charge in [0, 0.05) is 39.8 Å². The van der Waals surface area contributed by atoms with Gasteiger partial charge in [-0.3, -0.25) is 10.2 Å². The summed E-state index contributed by atoms with van der Waals surface area (Å²) in [5.74, 6) is 1.23. The van der Waals surface area contributed by atoms with Crippen LogP contribution in [0.2, 0.25) is 0 Å². The van der Waals surface area contributed by atoms with Gasteiger partial charge in [-0.2, -0.15) is 5.26 Å². The summed E-state index contributed by atoms with van der Waals surface area (Å²) in [6, 6.07) is 5.37. The van der Waals surface area contributed by atoms with Gasteiger partial charge in [-0.1, -0.05) is 0 Å². The number of amides is 2. The molecule has 1 fully saturated rings. The zero-order valence-corrected chi connectivity index (χ0v) is 21.1. The van der Waals surface area contributed by atoms with Crippen LogP contribution in [0.1, 0.15) is 41.5 Å². The van der Waals surface area contributed by atoms with E-state index in [2.05, 4.69) is 27.3 Å². The third-order valence-electron chi connectivity index (χ3n) is 6.06. The van der Waals surface area contributed by atoms with Gasteiger partial charge in [-0.05, 0) is 44.1 Å². The number of rotatable bonds is 8. The molecule has 0 aromatic carbocycles. The summed E-state index contributed by atoms with van der Waals surface area (Å²) in [6.07, 6.45) is 2.97. The number of anilines is 2. The van der Waals surface area contributed by atoms with Crippen LogP contribution >= 0.6 is 0 Å². The summed E-state index contributed by atoms with van der Waals surface area (Å²) in [6.45, 7) is 2.25. The van der Waals surface area contributed by atoms with Crippen molar-refractivity contribution in [3.63, 3.8) is 0 Å². The fourth-order valence-corrected chi connectivity index (χ4v) is 4.40. The lowest BCUT2D eigenvalue weighted by atomic mass is 10.0. The Hall–Kier alpha value is -3.30. The van der Waals surface area contributed by atoms with E-state index in [1.54, 1.807) is 25.2 Å². The molecule has 0 saturated carbocycles. The molecule has 11 nitrogen and oxygen atoms in total. The Morgan fingerprint density at radius 3 is 2.83 bits per heavy atom. The maximum Gasteiger partial charge on any atom is 0.328 e. The zero-order valence-electron chi connectivity index (χ0n) is 21.1. The van der Waals surface area contributed by atoms with Crippen LogP contribution in [0, 0.1) is 11.3 Å². The van der Waals surface area contributed by atoms with Crippen molar-refractivity contribution in [1.82, 2.24) is 14.9 Å². The number of ether oxygens (including phenoxy) is 4. The van der Waals surface area contributed by atoms with Crippen LogP contribution in [-0.4, -0.2) is 75.1 Å². The Kier molecular flexibility index (Phi) is 8.32. The van der Waals surface area contributed by atoms with Crippen molar-refractivity contribution in [3.8, 4) is 11.8 Å². The molecule has 192 valence electrons. The predicted molar refractivity (Wildman–Crippen MR) is 132 cm³/mol. The van der Waals surface area contributed by atoms with Gasteiger partial charge in [0.25, 0.3) is 0 Å². The first-order chi connectivity index (χ1) is 17.4. The molecule has 2 aromatic rings. The molecule has 11 heteroatoms. The molecule has 4 rings (SSSR count). The fourth-order valence-electron chi connectivity index (χ4n) is 4.40. The minimum absolute atomic E-state index is 0.134. The Labute approximate surface area is 210 Å². The third-order valence-corrected chi connectivity index (χ3v) is 6.06. The average Bonchev–Trinajstić information content (AvgIpc) is 3.37. The van der Waals surface area contributed by atoms with E-state index in [4.69, 9.17) is 23.9 Å². The van der Waals surface area contributed by atoms with Gasteiger partial charge in [0.15, 0.2) is 0 Å². The molecule has 1 unspecified atom stereocenters. The van der Waals surface area contributed by atoms with Crippen molar-refractivity contribution in [3.05, 3.63) is 40.7 Å². The van der Waals surface area contributed by atoms with E-state index in [1.807, 2.05) is 14.1 Å². The second kappa shape index (κ2) is 11.6. The zero-order chi connectivity index (χ0) is 25.7. The number of nitriles is 1. The molecule has 2 aliphatic heterocycles. The van der Waals surface area contributed by atoms with Gasteiger partial charge >= 0.3 is 6.03 Å². The number of nitrogens with zero attached hydrogens (tertiary/aromatic N) is 5. The van der Waals surface area contributed by atoms with E-state index in [0.29, 0.717) is 49.1 Å². The number of carbonyl (C=O) groups excluding carboxylic acids is 1. The monoisotopic (exact) mass is 496 g/mol. The molecule has 4 heterocycles. The molecule has 2 amide bonds. The standard InChI is InChI=1S/C25H32N6O5/c1-30(2)14-17-10-16-6-5-8-31(23(16)29-22(17)24(33-3)34-4)25(32)28-21-11-20(18(12-26)13-27-21)36-19-7-9-35-15-19/h10-11,13,19,24H,5-9,14-15H2,1-4H3,(H,27,28,32). The number of aryl methyl sites for hydroxylation is 1. The summed E-state index contributed by atoms with van der Waals surface area (Å²) in [4.78, 5) is 26.1. The number of pyridine rings is 2. The summed E-state index contributed by atoms with van der Waals surface area (Å²) in [5, 5.41) is 12.3. The number of hydrogen-bond acceptors (Lipinski definition) is 9. The SMILES string of the molecule is COC(OC)c1nc2c(cc1CN(C)C)CCCN2C(=O)Nc1cc(OC2CCOC2)c(C#N)cn1. The highest BCUT2D eigenvalue weighted by atomic mass is 16.7. The van der Waals surface area contributed by atoms with Gasteiger partial charge in [0.2, 0.25) is 6.29 Å². The lowest BCUT2D eigenvalue weighted by Gasteiger charge is -2.30. The largest absolute Gasteiger partial charge is 0.486 e. The minimum Gasteiger partial charge on any atom is -0.486 e. The molecular weight excluding hydrogens is 464 g/mol. The van der Waals surface area contributed by atoms with Crippen molar-refractivity contribution in [2.45, 2.75) is 38.2 Å². The summed E-state index contributed by atoms with van der Waals surface area (Å²) < 4.78 is 22.3. The first-order valence-electron chi connectivity index (χ1n) is 11.9. The number of hydrogen-bond donors (Lipinski definition) is 1. The molecule has 0 aliphatic carbocycles. The molecular formula is C25H32N6O5. The van der Waals surface area contributed by atoms with Gasteiger partial charge in [-0.25, -0.2) is 14.8 Å². The van der Waals surface area contributed by atoms with Crippen LogP contribution in [0.3, 0.4) is 0 Å². The lowest BCUT2D eigenvalue weighted by molar-refractivity contribution is -0.109. The maximum absolute atomic E-state index is 13.4. The van der Waals surface area contributed by atoms with E-state index in [0.717, 1.165) is 30.4 Å². The van der Waals surface area contributed by atoms with Crippen molar-refractivity contribution in [2.24, 2.45) is 0 Å². The van der Waals surface area contributed by atoms with Crippen molar-refractivity contribution in [1.29, 1.82) is 5.26 Å². The van der Waals surface area contributed by atoms with Crippen LogP contribution in [0.5, 0.6) is 5.75 Å². The lowest BCUT2D eigenvalue weighted by Crippen LogP contribution is -2.40. The molecule has 2 aliphatic rings. The van der Waals surface area contributed by atoms with Crippen LogP contribution < -0.4 is 15.0 Å². The molecule has 0 radical (unpaired) electrons. The molecule has 1 N–H and O–H groups in total. The van der Waals surface area contributed by atoms with Gasteiger partial charge in [-0.15, -0.1) is 0 Å². The Morgan fingerprint density at radius 1 is 1.36 bits per heavy atom. The maximum atomic E-state index is 13.4. The van der Waals surface area contributed by atoms with E-state index in [9.17, 15) is 10.1 Å². The van der Waals surface area contributed by atoms with E-state index >= 15 is 0 Å². The van der Waals surface area contributed by atoms with Gasteiger partial charge in [0.1, 0.15) is 40.8 Å². The van der Waals surface area contributed by atoms with Crippen LogP contribution in [0.4, 0.5) is 16.4 Å². The van der Waals surface area contributed by atoms with Crippen LogP contribution in [0.25, 0.3) is 0 Å². The Bertz CT molecular complexity index is 1120. The fraction of sp³-hybridized carbons (Fsp3) is 0.520. The number of urea groups is 1. The first-order valence-corrected chi connectivity index (χ1v) is 11.9. The summed E-state index contributed by atoms with van der Waals surface area (Å²) in [5.41, 5.74) is 2.91. The van der Waals surface area contributed by atoms with Crippen LogP contribution in [0.15, 0.2) is 18.3 Å². The average molecular weight is 497 g/mol. The number of aromatic nitrogens is 2. The van der Waals surface area contributed by atoms with Gasteiger partial charge < -0.3 is 23.8 Å². The number of fused-ring (bicyclic) bond motifs is 1. The van der Waals surface area contributed by atoms with Crippen molar-refractivity contribution >= 4 is 17.7 Å². The molecule has 1 saturated heterocycles. The highest BCUT2D eigenvalue weighted by Gasteiger charge is 2.29. The second-order valence-corrected chi connectivity index (χ2v) is 9.02. The number of methoxy groups -OCH3 is 2. The highest BCUT2D eigenvalue weighted by molar-refractivity contribution is 6.01. The third kappa shape index (κ3) is 5.74. The van der Waals surface area contributed by atoms with E-state index in [-0.39, 0.29) is 18.0 Å². The highest BCUT2D eigenvalue weighted by Crippen LogP contribution is 2.32. The topological polar surface area (TPSA) is 122 Å². The molecule has 0 spiro atoms. The normalized spacial score (nSPS) is 17.2. The van der Waals surface area contributed by atoms with Gasteiger partial charge in [0.05, 0.1) is 19.4 Å². The quantitative estimate of drug-likeness (QED) is 0.550. The van der Waals surface area contributed by atoms with E-state index < -0.39 is 6.29 Å². The van der Waals surface area contributed by atoms with E-state index in [1.165, 1.54) is 6.20 Å². The Balaban J connectivity index is 1.60. The second-order valence-electron chi connectivity index (χ2n) is 9.02. The summed E-state index contributed by atoms with van der Waals surface area (Å²) in [7, 11) is 7.10. The number of carbonyl (C=O) groups is 1. The number of nitrogens with one attached hydrogen (secondary N) is 1. The minimum atomic E-state index is -0.656. The Morgan fingerprint density at radius 2 is 2.17 bits per heavy atom. The molecule has 36 heavy (non-hydrogen) atoms. The van der Waals surface area contributed by atoms with Crippen LogP contribution in [-0.2, 0) is 27.2 Å². The molecule has 2 aromatic heterocycles. The first kappa shape index (κ1) is 25.8. The smallest absolute Gasteiger partial charge is 0.328 e. The predicted octanol–water partition coefficient (Wildman–Crippen LogP) is 2.85. The van der Waals surface area contributed by atoms with Crippen molar-refractivity contribution in [2.75, 3.05) is 58.3 Å². The molecule has 1 atom stereocenters. The summed E-state index contributed by atoms with van der Waals surface area (Å²) >= 11 is 0.